The molecule has 4 heterocycles. The molecule has 2 aliphatic heterocycles. The van der Waals surface area contributed by atoms with Gasteiger partial charge in [0.15, 0.2) is 0 Å². The summed E-state index contributed by atoms with van der Waals surface area (Å²) in [6, 6.07) is 0.0355. The highest BCUT2D eigenvalue weighted by Gasteiger charge is 2.53. The topological polar surface area (TPSA) is 82.5 Å². The maximum absolute atomic E-state index is 12.3. The molecule has 2 fully saturated rings. The van der Waals surface area contributed by atoms with Crippen LogP contribution in [0.4, 0.5) is 5.82 Å². The zero-order chi connectivity index (χ0) is 17.3. The van der Waals surface area contributed by atoms with Crippen molar-refractivity contribution in [1.82, 2.24) is 19.9 Å². The number of anilines is 1. The van der Waals surface area contributed by atoms with Gasteiger partial charge < -0.3 is 10.0 Å². The van der Waals surface area contributed by atoms with E-state index in [1.54, 1.807) is 29.9 Å². The third-order valence-corrected chi connectivity index (χ3v) is 6.08. The molecule has 2 aromatic rings. The Balaban J connectivity index is 1.60. The number of carboxylic acid groups (broad SMARTS) is 1. The first-order valence-corrected chi connectivity index (χ1v) is 9.49. The van der Waals surface area contributed by atoms with Crippen LogP contribution in [-0.4, -0.2) is 56.6 Å². The third kappa shape index (κ3) is 3.00. The molecule has 2 atom stereocenters. The van der Waals surface area contributed by atoms with Crippen molar-refractivity contribution in [3.05, 3.63) is 35.2 Å². The lowest BCUT2D eigenvalue weighted by Gasteiger charge is -2.53. The first-order valence-electron chi connectivity index (χ1n) is 8.54. The summed E-state index contributed by atoms with van der Waals surface area (Å²) in [6.07, 6.45) is 7.42. The summed E-state index contributed by atoms with van der Waals surface area (Å²) in [5, 5.41) is 12.2. The maximum Gasteiger partial charge on any atom is 0.313 e. The molecule has 0 aromatic carbocycles. The molecule has 0 bridgehead atoms. The summed E-state index contributed by atoms with van der Waals surface area (Å²) in [5.41, 5.74) is 2.10. The summed E-state index contributed by atoms with van der Waals surface area (Å²) >= 11 is 1.58. The van der Waals surface area contributed by atoms with Gasteiger partial charge in [-0.1, -0.05) is 0 Å². The highest BCUT2D eigenvalue weighted by molar-refractivity contribution is 7.07. The first kappa shape index (κ1) is 16.4. The predicted octanol–water partition coefficient (Wildman–Crippen LogP) is 1.88. The van der Waals surface area contributed by atoms with Crippen molar-refractivity contribution < 1.29 is 9.90 Å². The molecular formula is C17H21N5O2S. The Morgan fingerprint density at radius 2 is 2.28 bits per heavy atom. The zero-order valence-corrected chi connectivity index (χ0v) is 14.7. The van der Waals surface area contributed by atoms with E-state index in [-0.39, 0.29) is 6.04 Å². The molecule has 2 aliphatic rings. The van der Waals surface area contributed by atoms with E-state index in [0.29, 0.717) is 13.0 Å². The maximum atomic E-state index is 12.3. The van der Waals surface area contributed by atoms with Gasteiger partial charge in [-0.3, -0.25) is 14.7 Å². The summed E-state index contributed by atoms with van der Waals surface area (Å²) in [7, 11) is 0. The van der Waals surface area contributed by atoms with Crippen LogP contribution < -0.4 is 4.90 Å². The zero-order valence-electron chi connectivity index (χ0n) is 13.9. The molecule has 2 aromatic heterocycles. The van der Waals surface area contributed by atoms with Gasteiger partial charge in [-0.15, -0.1) is 11.3 Å². The van der Waals surface area contributed by atoms with E-state index in [9.17, 15) is 9.90 Å². The van der Waals surface area contributed by atoms with E-state index >= 15 is 0 Å². The van der Waals surface area contributed by atoms with Crippen molar-refractivity contribution in [2.24, 2.45) is 5.41 Å². The van der Waals surface area contributed by atoms with Crippen LogP contribution in [0.3, 0.4) is 0 Å². The highest BCUT2D eigenvalue weighted by atomic mass is 32.1. The number of nitrogens with zero attached hydrogens (tertiary/aromatic N) is 5. The van der Waals surface area contributed by atoms with Crippen molar-refractivity contribution in [3.8, 4) is 0 Å². The predicted molar refractivity (Wildman–Crippen MR) is 94.5 cm³/mol. The molecule has 0 spiro atoms. The Labute approximate surface area is 150 Å². The van der Waals surface area contributed by atoms with Gasteiger partial charge in [0.05, 0.1) is 17.4 Å². The SMILES string of the molecule is O=C(O)[C@]12CCCN(Cc3cscn3)[C@@H]1CCN(c1cnccn1)C2. The molecule has 0 saturated carbocycles. The van der Waals surface area contributed by atoms with Gasteiger partial charge in [-0.25, -0.2) is 9.97 Å². The van der Waals surface area contributed by atoms with Crippen LogP contribution in [0.15, 0.2) is 29.5 Å². The molecule has 7 nitrogen and oxygen atoms in total. The highest BCUT2D eigenvalue weighted by Crippen LogP contribution is 2.43. The van der Waals surface area contributed by atoms with Gasteiger partial charge in [0.2, 0.25) is 0 Å². The average molecular weight is 359 g/mol. The van der Waals surface area contributed by atoms with Crippen molar-refractivity contribution >= 4 is 23.1 Å². The van der Waals surface area contributed by atoms with Crippen LogP contribution >= 0.6 is 11.3 Å². The van der Waals surface area contributed by atoms with E-state index in [1.165, 1.54) is 0 Å². The Bertz CT molecular complexity index is 726. The molecule has 0 amide bonds. The second-order valence-corrected chi connectivity index (χ2v) is 7.52. The smallest absolute Gasteiger partial charge is 0.313 e. The van der Waals surface area contributed by atoms with Crippen LogP contribution in [0, 0.1) is 5.41 Å². The van der Waals surface area contributed by atoms with Crippen LogP contribution in [0.5, 0.6) is 0 Å². The van der Waals surface area contributed by atoms with Gasteiger partial charge in [0, 0.05) is 43.4 Å². The van der Waals surface area contributed by atoms with Crippen LogP contribution in [0.1, 0.15) is 25.0 Å². The number of carbonyl (C=O) groups is 1. The fourth-order valence-electron chi connectivity index (χ4n) is 4.29. The fourth-order valence-corrected chi connectivity index (χ4v) is 4.84. The van der Waals surface area contributed by atoms with Crippen LogP contribution in [0.2, 0.25) is 0 Å². The average Bonchev–Trinajstić information content (AvgIpc) is 3.15. The number of thiazole rings is 1. The number of hydrogen-bond donors (Lipinski definition) is 1. The molecule has 0 aliphatic carbocycles. The molecule has 4 rings (SSSR count). The Morgan fingerprint density at radius 3 is 3.00 bits per heavy atom. The number of likely N-dealkylation sites (tertiary alicyclic amines) is 1. The minimum Gasteiger partial charge on any atom is -0.481 e. The monoisotopic (exact) mass is 359 g/mol. The number of aromatic nitrogens is 3. The number of piperidine rings is 2. The van der Waals surface area contributed by atoms with E-state index in [2.05, 4.69) is 24.8 Å². The van der Waals surface area contributed by atoms with Crippen molar-refractivity contribution in [2.75, 3.05) is 24.5 Å². The lowest BCUT2D eigenvalue weighted by molar-refractivity contribution is -0.158. The molecule has 0 radical (unpaired) electrons. The van der Waals surface area contributed by atoms with E-state index < -0.39 is 11.4 Å². The lowest BCUT2D eigenvalue weighted by Crippen LogP contribution is -2.64. The fraction of sp³-hybridized carbons (Fsp3) is 0.529. The van der Waals surface area contributed by atoms with Gasteiger partial charge >= 0.3 is 5.97 Å². The van der Waals surface area contributed by atoms with E-state index in [1.807, 2.05) is 10.9 Å². The molecular weight excluding hydrogens is 338 g/mol. The number of fused-ring (bicyclic) bond motifs is 1. The quantitative estimate of drug-likeness (QED) is 0.892. The van der Waals surface area contributed by atoms with Gasteiger partial charge in [-0.2, -0.15) is 0 Å². The van der Waals surface area contributed by atoms with Crippen molar-refractivity contribution in [1.29, 1.82) is 0 Å². The number of carboxylic acids is 1. The van der Waals surface area contributed by atoms with Crippen molar-refractivity contribution in [2.45, 2.75) is 31.8 Å². The second-order valence-electron chi connectivity index (χ2n) is 6.80. The second kappa shape index (κ2) is 6.68. The summed E-state index contributed by atoms with van der Waals surface area (Å²) < 4.78 is 0. The summed E-state index contributed by atoms with van der Waals surface area (Å²) in [6.45, 7) is 2.95. The normalized spacial score (nSPS) is 27.0. The van der Waals surface area contributed by atoms with Gasteiger partial charge in [-0.05, 0) is 25.8 Å². The third-order valence-electron chi connectivity index (χ3n) is 5.44. The van der Waals surface area contributed by atoms with Crippen LogP contribution in [-0.2, 0) is 11.3 Å². The number of rotatable bonds is 4. The largest absolute Gasteiger partial charge is 0.481 e. The standard InChI is InChI=1S/C17H21N5O2S/c23-16(24)17-3-1-6-21(9-13-10-25-12-20-13)14(17)2-7-22(11-17)15-8-18-4-5-19-15/h4-5,8,10,12,14H,1-3,6-7,9,11H2,(H,23,24)/t14-,17+/m1/s1. The Morgan fingerprint density at radius 1 is 1.36 bits per heavy atom. The molecule has 2 saturated heterocycles. The first-order chi connectivity index (χ1) is 12.2. The minimum atomic E-state index is -0.760. The molecule has 8 heteroatoms. The Kier molecular flexibility index (Phi) is 4.39. The van der Waals surface area contributed by atoms with E-state index in [4.69, 9.17) is 0 Å². The van der Waals surface area contributed by atoms with Crippen LogP contribution in [0.25, 0.3) is 0 Å². The summed E-state index contributed by atoms with van der Waals surface area (Å²) in [5.74, 6) is 0.0623. The molecule has 0 unspecified atom stereocenters. The minimum absolute atomic E-state index is 0.0355. The number of hydrogen-bond acceptors (Lipinski definition) is 7. The lowest BCUT2D eigenvalue weighted by atomic mass is 9.69. The molecule has 25 heavy (non-hydrogen) atoms. The van der Waals surface area contributed by atoms with E-state index in [0.717, 1.165) is 44.0 Å². The molecule has 1 N–H and O–H groups in total. The number of aliphatic carboxylic acids is 1. The van der Waals surface area contributed by atoms with Crippen molar-refractivity contribution in [3.63, 3.8) is 0 Å². The Hall–Kier alpha value is -2.06. The van der Waals surface area contributed by atoms with Gasteiger partial charge in [0.25, 0.3) is 0 Å². The molecule has 132 valence electrons. The summed E-state index contributed by atoms with van der Waals surface area (Å²) in [4.78, 5) is 29.6. The van der Waals surface area contributed by atoms with Gasteiger partial charge in [0.1, 0.15) is 11.2 Å².